The number of ether oxygens (including phenoxy) is 3. The highest BCUT2D eigenvalue weighted by molar-refractivity contribution is 6.05. The lowest BCUT2D eigenvalue weighted by Gasteiger charge is -2.33. The summed E-state index contributed by atoms with van der Waals surface area (Å²) < 4.78 is 16.6. The highest BCUT2D eigenvalue weighted by atomic mass is 16.6. The van der Waals surface area contributed by atoms with Gasteiger partial charge in [-0.05, 0) is 79.4 Å². The van der Waals surface area contributed by atoms with Gasteiger partial charge in [0.2, 0.25) is 0 Å². The molecule has 1 aliphatic rings. The zero-order chi connectivity index (χ0) is 28.5. The lowest BCUT2D eigenvalue weighted by atomic mass is 9.77. The van der Waals surface area contributed by atoms with E-state index in [1.165, 1.54) is 0 Å². The fourth-order valence-corrected chi connectivity index (χ4v) is 5.14. The van der Waals surface area contributed by atoms with Gasteiger partial charge in [0.15, 0.2) is 0 Å². The second-order valence-electron chi connectivity index (χ2n) is 10.6. The molecule has 206 valence electrons. The highest BCUT2D eigenvalue weighted by Crippen LogP contribution is 2.45. The molecule has 5 rings (SSSR count). The van der Waals surface area contributed by atoms with Crippen molar-refractivity contribution < 1.29 is 24.4 Å². The molecule has 0 aliphatic carbocycles. The summed E-state index contributed by atoms with van der Waals surface area (Å²) in [5.41, 5.74) is 3.58. The van der Waals surface area contributed by atoms with Crippen LogP contribution in [-0.2, 0) is 10.3 Å². The van der Waals surface area contributed by atoms with Crippen LogP contribution in [-0.4, -0.2) is 42.3 Å². The van der Waals surface area contributed by atoms with Crippen molar-refractivity contribution in [3.05, 3.63) is 113 Å². The monoisotopic (exact) mass is 538 g/mol. The predicted molar refractivity (Wildman–Crippen MR) is 156 cm³/mol. The molecule has 0 bridgehead atoms. The molecule has 2 atom stereocenters. The minimum absolute atomic E-state index is 0.149. The lowest BCUT2D eigenvalue weighted by molar-refractivity contribution is -0.159. The minimum Gasteiger partial charge on any atom is -0.507 e. The van der Waals surface area contributed by atoms with Crippen molar-refractivity contribution in [2.75, 3.05) is 14.2 Å². The van der Waals surface area contributed by atoms with Crippen LogP contribution < -0.4 is 14.8 Å². The molecule has 4 aromatic carbocycles. The standard InChI is InChI=1S/C33H34N2O5/c1-32(2,3)40-31(37)34-30-26-11-6-7-12-28(26)33(35-30,22-13-16-24(38-4)17-14-22)23-15-18-29(36)27(20-23)21-9-8-10-25(19-21)39-5/h6-20,31,36-37H,1-5H3,(H,34,35). The van der Waals surface area contributed by atoms with Crippen LogP contribution in [0.3, 0.4) is 0 Å². The van der Waals surface area contributed by atoms with Gasteiger partial charge < -0.3 is 29.7 Å². The van der Waals surface area contributed by atoms with E-state index in [0.717, 1.165) is 33.6 Å². The number of methoxy groups -OCH3 is 2. The summed E-state index contributed by atoms with van der Waals surface area (Å²) in [7, 11) is 3.25. The van der Waals surface area contributed by atoms with Gasteiger partial charge in [-0.25, -0.2) is 4.99 Å². The average molecular weight is 539 g/mol. The molecule has 7 heteroatoms. The molecule has 0 aromatic heterocycles. The van der Waals surface area contributed by atoms with E-state index in [4.69, 9.17) is 14.2 Å². The number of aliphatic hydroxyl groups excluding tert-OH is 1. The number of hydrogen-bond acceptors (Lipinski definition) is 6. The van der Waals surface area contributed by atoms with Crippen LogP contribution in [0.1, 0.15) is 43.0 Å². The van der Waals surface area contributed by atoms with Gasteiger partial charge in [-0.3, -0.25) is 0 Å². The Hall–Kier alpha value is -4.33. The van der Waals surface area contributed by atoms with Crippen molar-refractivity contribution in [2.45, 2.75) is 38.3 Å². The van der Waals surface area contributed by atoms with Crippen LogP contribution in [0.4, 0.5) is 0 Å². The summed E-state index contributed by atoms with van der Waals surface area (Å²) >= 11 is 0. The van der Waals surface area contributed by atoms with Crippen LogP contribution >= 0.6 is 0 Å². The van der Waals surface area contributed by atoms with E-state index in [-0.39, 0.29) is 5.75 Å². The van der Waals surface area contributed by atoms with E-state index in [1.807, 2.05) is 106 Å². The number of aliphatic imine (C=N–C) groups is 1. The van der Waals surface area contributed by atoms with Gasteiger partial charge in [-0.1, -0.05) is 54.6 Å². The number of benzene rings is 4. The third-order valence-electron chi connectivity index (χ3n) is 6.92. The van der Waals surface area contributed by atoms with Crippen LogP contribution in [0.25, 0.3) is 11.1 Å². The van der Waals surface area contributed by atoms with Gasteiger partial charge in [-0.15, -0.1) is 0 Å². The number of amidine groups is 1. The van der Waals surface area contributed by atoms with Crippen LogP contribution in [0.2, 0.25) is 0 Å². The van der Waals surface area contributed by atoms with Crippen molar-refractivity contribution in [1.82, 2.24) is 5.32 Å². The molecule has 7 nitrogen and oxygen atoms in total. The van der Waals surface area contributed by atoms with Crippen LogP contribution in [0.5, 0.6) is 17.2 Å². The maximum atomic E-state index is 10.9. The van der Waals surface area contributed by atoms with Crippen LogP contribution in [0.15, 0.2) is 96.0 Å². The number of fused-ring (bicyclic) bond motifs is 1. The highest BCUT2D eigenvalue weighted by Gasteiger charge is 2.45. The molecule has 0 amide bonds. The fraction of sp³-hybridized carbons (Fsp3) is 0.242. The first-order chi connectivity index (χ1) is 19.1. The fourth-order valence-electron chi connectivity index (χ4n) is 5.14. The summed E-state index contributed by atoms with van der Waals surface area (Å²) in [6, 6.07) is 28.9. The molecular formula is C33H34N2O5. The van der Waals surface area contributed by atoms with E-state index < -0.39 is 17.6 Å². The Morgan fingerprint density at radius 1 is 0.775 bits per heavy atom. The Morgan fingerprint density at radius 3 is 2.17 bits per heavy atom. The Balaban J connectivity index is 1.74. The number of aromatic hydroxyl groups is 1. The number of rotatable bonds is 7. The molecule has 4 aromatic rings. The summed E-state index contributed by atoms with van der Waals surface area (Å²) in [5, 5.41) is 25.3. The summed E-state index contributed by atoms with van der Waals surface area (Å²) in [6.07, 6.45) is -1.37. The normalized spacial score (nSPS) is 18.2. The predicted octanol–water partition coefficient (Wildman–Crippen LogP) is 5.81. The molecule has 0 fully saturated rings. The third kappa shape index (κ3) is 5.13. The van der Waals surface area contributed by atoms with Crippen molar-refractivity contribution in [1.29, 1.82) is 0 Å². The van der Waals surface area contributed by atoms with E-state index in [2.05, 4.69) is 10.3 Å². The van der Waals surface area contributed by atoms with Gasteiger partial charge in [0.25, 0.3) is 6.41 Å². The zero-order valence-electron chi connectivity index (χ0n) is 23.3. The molecule has 0 saturated heterocycles. The summed E-state index contributed by atoms with van der Waals surface area (Å²) in [6.45, 7) is 5.60. The lowest BCUT2D eigenvalue weighted by Crippen LogP contribution is -2.42. The van der Waals surface area contributed by atoms with Crippen molar-refractivity contribution >= 4 is 5.84 Å². The number of hydrogen-bond donors (Lipinski definition) is 3. The second-order valence-corrected chi connectivity index (χ2v) is 10.6. The first-order valence-corrected chi connectivity index (χ1v) is 13.1. The Morgan fingerprint density at radius 2 is 1.48 bits per heavy atom. The van der Waals surface area contributed by atoms with E-state index in [9.17, 15) is 10.2 Å². The average Bonchev–Trinajstić information content (AvgIpc) is 3.27. The van der Waals surface area contributed by atoms with Crippen molar-refractivity contribution in [3.8, 4) is 28.4 Å². The SMILES string of the molecule is COc1ccc(C2(c3ccc(O)c(-c4cccc(OC)c4)c3)NC(=NC(O)OC(C)(C)C)c3ccccc32)cc1. The molecule has 3 N–H and O–H groups in total. The van der Waals surface area contributed by atoms with Crippen LogP contribution in [0, 0.1) is 0 Å². The maximum absolute atomic E-state index is 10.9. The molecule has 1 aliphatic heterocycles. The minimum atomic E-state index is -1.37. The summed E-state index contributed by atoms with van der Waals surface area (Å²) in [4.78, 5) is 4.55. The molecular weight excluding hydrogens is 504 g/mol. The Labute approximate surface area is 234 Å². The molecule has 40 heavy (non-hydrogen) atoms. The topological polar surface area (TPSA) is 92.5 Å². The molecule has 0 spiro atoms. The summed E-state index contributed by atoms with van der Waals surface area (Å²) in [5.74, 6) is 2.07. The third-order valence-corrected chi connectivity index (χ3v) is 6.92. The Bertz CT molecular complexity index is 1540. The second kappa shape index (κ2) is 10.7. The van der Waals surface area contributed by atoms with Crippen molar-refractivity contribution in [3.63, 3.8) is 0 Å². The van der Waals surface area contributed by atoms with Gasteiger partial charge >= 0.3 is 0 Å². The zero-order valence-corrected chi connectivity index (χ0v) is 23.3. The Kier molecular flexibility index (Phi) is 7.27. The van der Waals surface area contributed by atoms with Gasteiger partial charge in [0.05, 0.1) is 19.8 Å². The number of phenolic OH excluding ortho intramolecular Hbond substituents is 1. The first kappa shape index (κ1) is 27.2. The number of nitrogens with zero attached hydrogens (tertiary/aromatic N) is 1. The molecule has 0 radical (unpaired) electrons. The first-order valence-electron chi connectivity index (χ1n) is 13.1. The van der Waals surface area contributed by atoms with E-state index >= 15 is 0 Å². The number of aliphatic hydroxyl groups is 1. The number of nitrogens with one attached hydrogen (secondary N) is 1. The molecule has 1 heterocycles. The quantitative estimate of drug-likeness (QED) is 0.257. The number of phenols is 1. The van der Waals surface area contributed by atoms with Crippen molar-refractivity contribution in [2.24, 2.45) is 4.99 Å². The van der Waals surface area contributed by atoms with E-state index in [0.29, 0.717) is 17.1 Å². The van der Waals surface area contributed by atoms with Gasteiger partial charge in [0, 0.05) is 11.1 Å². The largest absolute Gasteiger partial charge is 0.507 e. The van der Waals surface area contributed by atoms with Gasteiger partial charge in [0.1, 0.15) is 28.6 Å². The smallest absolute Gasteiger partial charge is 0.258 e. The molecule has 2 unspecified atom stereocenters. The van der Waals surface area contributed by atoms with Gasteiger partial charge in [-0.2, -0.15) is 0 Å². The maximum Gasteiger partial charge on any atom is 0.258 e. The van der Waals surface area contributed by atoms with E-state index in [1.54, 1.807) is 20.3 Å². The molecule has 0 saturated carbocycles.